The third-order valence-electron chi connectivity index (χ3n) is 2.12. The fourth-order valence-corrected chi connectivity index (χ4v) is 1.71. The Kier molecular flexibility index (Phi) is 4.92. The van der Waals surface area contributed by atoms with E-state index in [4.69, 9.17) is 18.0 Å². The lowest BCUT2D eigenvalue weighted by atomic mass is 10.1. The molecule has 0 saturated heterocycles. The van der Waals surface area contributed by atoms with Crippen LogP contribution in [0.15, 0.2) is 30.3 Å². The highest BCUT2D eigenvalue weighted by atomic mass is 32.1. The zero-order valence-electron chi connectivity index (χ0n) is 9.27. The normalized spacial score (nSPS) is 11.8. The van der Waals surface area contributed by atoms with Gasteiger partial charge in [-0.3, -0.25) is 4.79 Å². The molecule has 0 heterocycles. The van der Waals surface area contributed by atoms with Crippen molar-refractivity contribution in [1.82, 2.24) is 5.32 Å². The lowest BCUT2D eigenvalue weighted by Gasteiger charge is -2.12. The average Bonchev–Trinajstić information content (AvgIpc) is 2.17. The molecule has 4 heteroatoms. The maximum absolute atomic E-state index is 11.6. The number of benzene rings is 1. The predicted molar refractivity (Wildman–Crippen MR) is 69.2 cm³/mol. The standard InChI is InChI=1S/C12H16N2OS/c1-9(7-11(13)16)14-12(15)8-10-5-3-2-4-6-10/h2-6,9H,7-8H2,1H3,(H2,13,16)(H,14,15). The van der Waals surface area contributed by atoms with E-state index in [1.54, 1.807) is 0 Å². The van der Waals surface area contributed by atoms with Gasteiger partial charge in [0.1, 0.15) is 0 Å². The summed E-state index contributed by atoms with van der Waals surface area (Å²) in [6.07, 6.45) is 0.929. The fourth-order valence-electron chi connectivity index (χ4n) is 1.46. The zero-order valence-corrected chi connectivity index (χ0v) is 10.1. The van der Waals surface area contributed by atoms with Crippen molar-refractivity contribution in [3.8, 4) is 0 Å². The molecule has 0 bridgehead atoms. The molecule has 1 amide bonds. The van der Waals surface area contributed by atoms with Crippen LogP contribution in [0.4, 0.5) is 0 Å². The first-order chi connectivity index (χ1) is 7.58. The first-order valence-electron chi connectivity index (χ1n) is 5.19. The third-order valence-corrected chi connectivity index (χ3v) is 2.29. The Labute approximate surface area is 101 Å². The minimum absolute atomic E-state index is 0.00468. The number of carbonyl (C=O) groups excluding carboxylic acids is 1. The van der Waals surface area contributed by atoms with Crippen molar-refractivity contribution >= 4 is 23.1 Å². The van der Waals surface area contributed by atoms with Crippen LogP contribution in [-0.4, -0.2) is 16.9 Å². The smallest absolute Gasteiger partial charge is 0.224 e. The summed E-state index contributed by atoms with van der Waals surface area (Å²) in [7, 11) is 0. The molecule has 86 valence electrons. The topological polar surface area (TPSA) is 55.1 Å². The van der Waals surface area contributed by atoms with E-state index >= 15 is 0 Å². The van der Waals surface area contributed by atoms with Crippen molar-refractivity contribution < 1.29 is 4.79 Å². The van der Waals surface area contributed by atoms with Gasteiger partial charge in [0.05, 0.1) is 11.4 Å². The van der Waals surface area contributed by atoms with Crippen LogP contribution in [0.1, 0.15) is 18.9 Å². The van der Waals surface area contributed by atoms with Crippen LogP contribution in [0.25, 0.3) is 0 Å². The molecular formula is C12H16N2OS. The first kappa shape index (κ1) is 12.6. The number of rotatable bonds is 5. The van der Waals surface area contributed by atoms with Crippen LogP contribution < -0.4 is 11.1 Å². The van der Waals surface area contributed by atoms with Gasteiger partial charge >= 0.3 is 0 Å². The molecule has 0 aliphatic rings. The number of hydrogen-bond acceptors (Lipinski definition) is 2. The molecule has 0 aliphatic heterocycles. The molecule has 0 fully saturated rings. The Morgan fingerprint density at radius 2 is 2.06 bits per heavy atom. The summed E-state index contributed by atoms with van der Waals surface area (Å²) in [5.41, 5.74) is 6.40. The Hall–Kier alpha value is -1.42. The number of nitrogens with one attached hydrogen (secondary N) is 1. The lowest BCUT2D eigenvalue weighted by Crippen LogP contribution is -2.36. The van der Waals surface area contributed by atoms with Crippen LogP contribution >= 0.6 is 12.2 Å². The van der Waals surface area contributed by atoms with Gasteiger partial charge in [-0.05, 0) is 12.5 Å². The summed E-state index contributed by atoms with van der Waals surface area (Å²) < 4.78 is 0. The second kappa shape index (κ2) is 6.23. The third kappa shape index (κ3) is 4.89. The number of thiocarbonyl (C=S) groups is 1. The zero-order chi connectivity index (χ0) is 12.0. The minimum atomic E-state index is -0.00582. The number of amides is 1. The van der Waals surface area contributed by atoms with Crippen LogP contribution in [0, 0.1) is 0 Å². The second-order valence-corrected chi connectivity index (χ2v) is 4.33. The average molecular weight is 236 g/mol. The minimum Gasteiger partial charge on any atom is -0.393 e. The summed E-state index contributed by atoms with van der Waals surface area (Å²) in [4.78, 5) is 12.0. The van der Waals surface area contributed by atoms with Crippen molar-refractivity contribution in [3.05, 3.63) is 35.9 Å². The van der Waals surface area contributed by atoms with Crippen molar-refractivity contribution in [2.75, 3.05) is 0 Å². The molecule has 0 radical (unpaired) electrons. The number of nitrogens with two attached hydrogens (primary N) is 1. The van der Waals surface area contributed by atoms with E-state index in [9.17, 15) is 4.79 Å². The molecule has 1 rings (SSSR count). The summed E-state index contributed by atoms with van der Waals surface area (Å²) >= 11 is 4.78. The molecule has 16 heavy (non-hydrogen) atoms. The van der Waals surface area contributed by atoms with Crippen molar-refractivity contribution in [1.29, 1.82) is 0 Å². The van der Waals surface area contributed by atoms with Crippen molar-refractivity contribution in [2.24, 2.45) is 5.73 Å². The predicted octanol–water partition coefficient (Wildman–Crippen LogP) is 1.41. The highest BCUT2D eigenvalue weighted by Crippen LogP contribution is 2.00. The van der Waals surface area contributed by atoms with Crippen LogP contribution in [0.3, 0.4) is 0 Å². The Morgan fingerprint density at radius 3 is 2.62 bits per heavy atom. The molecule has 1 aromatic carbocycles. The van der Waals surface area contributed by atoms with Gasteiger partial charge in [-0.1, -0.05) is 42.5 Å². The molecule has 0 aliphatic carbocycles. The quantitative estimate of drug-likeness (QED) is 0.760. The first-order valence-corrected chi connectivity index (χ1v) is 5.60. The number of hydrogen-bond donors (Lipinski definition) is 2. The molecule has 3 N–H and O–H groups in total. The summed E-state index contributed by atoms with van der Waals surface area (Å²) in [6.45, 7) is 1.89. The highest BCUT2D eigenvalue weighted by molar-refractivity contribution is 7.80. The van der Waals surface area contributed by atoms with Gasteiger partial charge in [0.2, 0.25) is 5.91 Å². The largest absolute Gasteiger partial charge is 0.393 e. The molecule has 1 atom stereocenters. The molecular weight excluding hydrogens is 220 g/mol. The summed E-state index contributed by atoms with van der Waals surface area (Å²) in [5.74, 6) is -0.00468. The van der Waals surface area contributed by atoms with Gasteiger partial charge in [-0.15, -0.1) is 0 Å². The maximum atomic E-state index is 11.6. The Bertz CT molecular complexity index is 365. The van der Waals surface area contributed by atoms with Gasteiger partial charge in [-0.25, -0.2) is 0 Å². The molecule has 0 spiro atoms. The second-order valence-electron chi connectivity index (χ2n) is 3.80. The van der Waals surface area contributed by atoms with Gasteiger partial charge in [0.25, 0.3) is 0 Å². The highest BCUT2D eigenvalue weighted by Gasteiger charge is 2.08. The van der Waals surface area contributed by atoms with E-state index in [-0.39, 0.29) is 11.9 Å². The van der Waals surface area contributed by atoms with E-state index in [0.29, 0.717) is 17.8 Å². The van der Waals surface area contributed by atoms with E-state index in [1.165, 1.54) is 0 Å². The molecule has 1 unspecified atom stereocenters. The van der Waals surface area contributed by atoms with E-state index < -0.39 is 0 Å². The van der Waals surface area contributed by atoms with Gasteiger partial charge in [-0.2, -0.15) is 0 Å². The molecule has 0 saturated carbocycles. The maximum Gasteiger partial charge on any atom is 0.224 e. The fraction of sp³-hybridized carbons (Fsp3) is 0.333. The van der Waals surface area contributed by atoms with E-state index in [0.717, 1.165) is 5.56 Å². The van der Waals surface area contributed by atoms with Gasteiger partial charge in [0, 0.05) is 12.5 Å². The van der Waals surface area contributed by atoms with Crippen molar-refractivity contribution in [2.45, 2.75) is 25.8 Å². The van der Waals surface area contributed by atoms with Crippen LogP contribution in [0.2, 0.25) is 0 Å². The SMILES string of the molecule is CC(CC(N)=S)NC(=O)Cc1ccccc1. The molecule has 1 aromatic rings. The summed E-state index contributed by atoms with van der Waals surface area (Å²) in [5, 5.41) is 2.85. The van der Waals surface area contributed by atoms with Gasteiger partial charge in [0.15, 0.2) is 0 Å². The summed E-state index contributed by atoms with van der Waals surface area (Å²) in [6, 6.07) is 9.61. The number of carbonyl (C=O) groups is 1. The van der Waals surface area contributed by atoms with Gasteiger partial charge < -0.3 is 11.1 Å². The molecule has 3 nitrogen and oxygen atoms in total. The monoisotopic (exact) mass is 236 g/mol. The van der Waals surface area contributed by atoms with Crippen molar-refractivity contribution in [3.63, 3.8) is 0 Å². The molecule has 0 aromatic heterocycles. The lowest BCUT2D eigenvalue weighted by molar-refractivity contribution is -0.120. The Balaban J connectivity index is 2.39. The Morgan fingerprint density at radius 1 is 1.44 bits per heavy atom. The van der Waals surface area contributed by atoms with Crippen LogP contribution in [0.5, 0.6) is 0 Å². The van der Waals surface area contributed by atoms with E-state index in [2.05, 4.69) is 5.32 Å². The van der Waals surface area contributed by atoms with Crippen LogP contribution in [-0.2, 0) is 11.2 Å². The van der Waals surface area contributed by atoms with E-state index in [1.807, 2.05) is 37.3 Å².